The maximum atomic E-state index is 12.9. The molecule has 30 heavy (non-hydrogen) atoms. The van der Waals surface area contributed by atoms with Crippen molar-refractivity contribution in [2.75, 3.05) is 0 Å². The summed E-state index contributed by atoms with van der Waals surface area (Å²) in [4.78, 5) is 15.4. The van der Waals surface area contributed by atoms with Crippen molar-refractivity contribution in [1.82, 2.24) is 14.3 Å². The molecule has 0 aliphatic heterocycles. The van der Waals surface area contributed by atoms with E-state index in [9.17, 15) is 26.4 Å². The van der Waals surface area contributed by atoms with E-state index >= 15 is 0 Å². The Morgan fingerprint density at radius 2 is 1.73 bits per heavy atom. The molecule has 0 saturated heterocycles. The zero-order chi connectivity index (χ0) is 22.3. The van der Waals surface area contributed by atoms with Gasteiger partial charge in [-0.25, -0.2) is 18.1 Å². The number of rotatable bonds is 4. The lowest BCUT2D eigenvalue weighted by molar-refractivity contribution is -0.137. The summed E-state index contributed by atoms with van der Waals surface area (Å²) in [5.41, 5.74) is -1.01. The number of alkyl halides is 3. The van der Waals surface area contributed by atoms with E-state index in [0.29, 0.717) is 27.9 Å². The first-order valence-electron chi connectivity index (χ1n) is 7.81. The van der Waals surface area contributed by atoms with Crippen LogP contribution in [0, 0.1) is 0 Å². The molecule has 0 bridgehead atoms. The Labute approximate surface area is 186 Å². The van der Waals surface area contributed by atoms with Crippen molar-refractivity contribution in [3.63, 3.8) is 0 Å². The standard InChI is InChI=1S/C17H9BrCl2F3N3O3S/c18-13-2-1-9(17(21,22)23)3-15(13)30(28,29)25-16(27)14-7-26(8-24-14)12-5-10(19)4-11(20)6-12/h1-8H,(H,25,27). The molecule has 1 aromatic heterocycles. The zero-order valence-electron chi connectivity index (χ0n) is 14.4. The second-order valence-electron chi connectivity index (χ2n) is 5.87. The molecular weight excluding hydrogens is 534 g/mol. The van der Waals surface area contributed by atoms with Crippen LogP contribution in [-0.4, -0.2) is 23.9 Å². The minimum Gasteiger partial charge on any atom is -0.305 e. The summed E-state index contributed by atoms with van der Waals surface area (Å²) < 4.78 is 66.6. The fourth-order valence-electron chi connectivity index (χ4n) is 2.38. The average Bonchev–Trinajstić information content (AvgIpc) is 3.10. The van der Waals surface area contributed by atoms with E-state index in [2.05, 4.69) is 20.9 Å². The van der Waals surface area contributed by atoms with Crippen molar-refractivity contribution >= 4 is 55.1 Å². The molecule has 0 atom stereocenters. The minimum absolute atomic E-state index is 0.144. The van der Waals surface area contributed by atoms with Crippen LogP contribution in [0.1, 0.15) is 16.1 Å². The van der Waals surface area contributed by atoms with Crippen LogP contribution in [0.25, 0.3) is 5.69 Å². The monoisotopic (exact) mass is 541 g/mol. The van der Waals surface area contributed by atoms with Crippen LogP contribution in [0.3, 0.4) is 0 Å². The molecule has 2 aromatic carbocycles. The summed E-state index contributed by atoms with van der Waals surface area (Å²) in [6, 6.07) is 6.63. The molecule has 0 aliphatic carbocycles. The Bertz CT molecular complexity index is 1230. The SMILES string of the molecule is O=C(NS(=O)(=O)c1cc(C(F)(F)F)ccc1Br)c1cn(-c2cc(Cl)cc(Cl)c2)cn1. The average molecular weight is 543 g/mol. The maximum Gasteiger partial charge on any atom is 0.416 e. The highest BCUT2D eigenvalue weighted by Gasteiger charge is 2.33. The first kappa shape index (κ1) is 22.6. The third-order valence-corrected chi connectivity index (χ3v) is 6.50. The number of benzene rings is 2. The molecule has 158 valence electrons. The molecular formula is C17H9BrCl2F3N3O3S. The number of imidazole rings is 1. The summed E-state index contributed by atoms with van der Waals surface area (Å²) in [5, 5.41) is 0.656. The number of nitrogens with zero attached hydrogens (tertiary/aromatic N) is 2. The highest BCUT2D eigenvalue weighted by Crippen LogP contribution is 2.33. The van der Waals surface area contributed by atoms with Crippen molar-refractivity contribution in [1.29, 1.82) is 0 Å². The van der Waals surface area contributed by atoms with Gasteiger partial charge in [0, 0.05) is 26.4 Å². The van der Waals surface area contributed by atoms with E-state index in [4.69, 9.17) is 23.2 Å². The first-order chi connectivity index (χ1) is 13.9. The molecule has 3 aromatic rings. The molecule has 6 nitrogen and oxygen atoms in total. The Kier molecular flexibility index (Phi) is 6.19. The molecule has 0 fully saturated rings. The summed E-state index contributed by atoms with van der Waals surface area (Å²) in [7, 11) is -4.63. The number of hydrogen-bond donors (Lipinski definition) is 1. The Morgan fingerprint density at radius 1 is 1.10 bits per heavy atom. The van der Waals surface area contributed by atoms with Crippen LogP contribution >= 0.6 is 39.1 Å². The van der Waals surface area contributed by atoms with Gasteiger partial charge in [-0.05, 0) is 52.3 Å². The quantitative estimate of drug-likeness (QED) is 0.498. The van der Waals surface area contributed by atoms with E-state index in [0.717, 1.165) is 6.07 Å². The molecule has 1 N–H and O–H groups in total. The smallest absolute Gasteiger partial charge is 0.305 e. The Balaban J connectivity index is 1.88. The van der Waals surface area contributed by atoms with E-state index in [1.165, 1.54) is 35.3 Å². The van der Waals surface area contributed by atoms with Gasteiger partial charge in [-0.2, -0.15) is 13.2 Å². The molecule has 3 rings (SSSR count). The predicted molar refractivity (Wildman–Crippen MR) is 107 cm³/mol. The lowest BCUT2D eigenvalue weighted by Crippen LogP contribution is -2.31. The predicted octanol–water partition coefficient (Wildman–Crippen LogP) is 5.08. The van der Waals surface area contributed by atoms with Gasteiger partial charge in [0.1, 0.15) is 16.9 Å². The molecule has 13 heteroatoms. The highest BCUT2D eigenvalue weighted by molar-refractivity contribution is 9.10. The summed E-state index contributed by atoms with van der Waals surface area (Å²) in [6.45, 7) is 0. The Morgan fingerprint density at radius 3 is 2.33 bits per heavy atom. The fourth-order valence-corrected chi connectivity index (χ4v) is 4.85. The van der Waals surface area contributed by atoms with Gasteiger partial charge >= 0.3 is 6.18 Å². The topological polar surface area (TPSA) is 81.1 Å². The van der Waals surface area contributed by atoms with Crippen molar-refractivity contribution < 1.29 is 26.4 Å². The van der Waals surface area contributed by atoms with Crippen molar-refractivity contribution in [2.45, 2.75) is 11.1 Å². The number of aromatic nitrogens is 2. The van der Waals surface area contributed by atoms with Crippen LogP contribution in [0.15, 0.2) is 58.3 Å². The van der Waals surface area contributed by atoms with Gasteiger partial charge in [-0.1, -0.05) is 23.2 Å². The van der Waals surface area contributed by atoms with Crippen molar-refractivity contribution in [3.05, 3.63) is 74.7 Å². The second-order valence-corrected chi connectivity index (χ2v) is 9.25. The van der Waals surface area contributed by atoms with Gasteiger partial charge in [0.25, 0.3) is 15.9 Å². The summed E-state index contributed by atoms with van der Waals surface area (Å²) in [6.07, 6.45) is -2.32. The van der Waals surface area contributed by atoms with Gasteiger partial charge in [0.05, 0.1) is 5.56 Å². The summed E-state index contributed by atoms with van der Waals surface area (Å²) >= 11 is 14.7. The normalized spacial score (nSPS) is 12.1. The van der Waals surface area contributed by atoms with E-state index in [-0.39, 0.29) is 10.2 Å². The maximum absolute atomic E-state index is 12.9. The van der Waals surface area contributed by atoms with Gasteiger partial charge in [0.15, 0.2) is 0 Å². The van der Waals surface area contributed by atoms with Crippen LogP contribution in [0.4, 0.5) is 13.2 Å². The number of sulfonamides is 1. The largest absolute Gasteiger partial charge is 0.416 e. The van der Waals surface area contributed by atoms with Crippen LogP contribution < -0.4 is 4.72 Å². The molecule has 0 spiro atoms. The molecule has 0 saturated carbocycles. The van der Waals surface area contributed by atoms with Gasteiger partial charge in [-0.3, -0.25) is 4.79 Å². The van der Waals surface area contributed by atoms with Crippen LogP contribution in [0.5, 0.6) is 0 Å². The van der Waals surface area contributed by atoms with E-state index in [1.54, 1.807) is 4.72 Å². The number of carbonyl (C=O) groups is 1. The Hall–Kier alpha value is -2.08. The number of amides is 1. The molecule has 0 radical (unpaired) electrons. The van der Waals surface area contributed by atoms with Crippen LogP contribution in [0.2, 0.25) is 10.0 Å². The first-order valence-corrected chi connectivity index (χ1v) is 10.8. The molecule has 1 amide bonds. The third-order valence-electron chi connectivity index (χ3n) is 3.74. The lowest BCUT2D eigenvalue weighted by Gasteiger charge is -2.11. The minimum atomic E-state index is -4.76. The molecule has 0 unspecified atom stereocenters. The fraction of sp³-hybridized carbons (Fsp3) is 0.0588. The number of nitrogens with one attached hydrogen (secondary N) is 1. The number of hydrogen-bond acceptors (Lipinski definition) is 4. The lowest BCUT2D eigenvalue weighted by atomic mass is 10.2. The van der Waals surface area contributed by atoms with E-state index < -0.39 is 32.6 Å². The van der Waals surface area contributed by atoms with Crippen molar-refractivity contribution in [3.8, 4) is 5.69 Å². The second kappa shape index (κ2) is 8.22. The van der Waals surface area contributed by atoms with Gasteiger partial charge in [-0.15, -0.1) is 0 Å². The number of halogens is 6. The summed E-state index contributed by atoms with van der Waals surface area (Å²) in [5.74, 6) is -1.13. The van der Waals surface area contributed by atoms with E-state index in [1.807, 2.05) is 0 Å². The van der Waals surface area contributed by atoms with Crippen LogP contribution in [-0.2, 0) is 16.2 Å². The van der Waals surface area contributed by atoms with Gasteiger partial charge in [0.2, 0.25) is 0 Å². The molecule has 1 heterocycles. The van der Waals surface area contributed by atoms with Gasteiger partial charge < -0.3 is 4.57 Å². The third kappa shape index (κ3) is 4.97. The molecule has 0 aliphatic rings. The van der Waals surface area contributed by atoms with Crippen molar-refractivity contribution in [2.24, 2.45) is 0 Å². The highest BCUT2D eigenvalue weighted by atomic mass is 79.9. The zero-order valence-corrected chi connectivity index (χ0v) is 18.3. The number of carbonyl (C=O) groups excluding carboxylic acids is 1.